The summed E-state index contributed by atoms with van der Waals surface area (Å²) in [6.45, 7) is 1.45. The molecule has 1 saturated heterocycles. The van der Waals surface area contributed by atoms with Crippen molar-refractivity contribution < 1.29 is 54.6 Å². The smallest absolute Gasteiger partial charge is 0.419 e. The summed E-state index contributed by atoms with van der Waals surface area (Å²) in [5.41, 5.74) is -5.76. The maximum absolute atomic E-state index is 15.9. The summed E-state index contributed by atoms with van der Waals surface area (Å²) in [4.78, 5) is 41.4. The van der Waals surface area contributed by atoms with Crippen molar-refractivity contribution in [3.63, 3.8) is 0 Å². The molecule has 6 rings (SSSR count). The maximum atomic E-state index is 15.9. The van der Waals surface area contributed by atoms with Crippen LogP contribution in [0.25, 0.3) is 11.1 Å². The van der Waals surface area contributed by atoms with Crippen LogP contribution in [-0.4, -0.2) is 52.3 Å². The Morgan fingerprint density at radius 1 is 1.00 bits per heavy atom. The predicted molar refractivity (Wildman–Crippen MR) is 175 cm³/mol. The standard InChI is InChI=1S/C36H28ClF8N3O5/c1-17-7-21(37)11-28-31(17)20-9-24(32(39)26(10-20)36(43,44)45)27(13-30(50)51)46-34(52)33(18-3-2-4-23(8-18)53-28)48-14-19(5-6-47-15-22(38)16-47)25(12-29(48)49)35(40,41)42/h2-4,7-12,14,22,27,33H,5-6,13,15-16H2,1H3,(H,46,52)(H,50,51)/t27-,33-/m0/s1. The molecule has 280 valence electrons. The summed E-state index contributed by atoms with van der Waals surface area (Å²) in [6, 6.07) is 5.89. The van der Waals surface area contributed by atoms with E-state index in [-0.39, 0.29) is 70.9 Å². The van der Waals surface area contributed by atoms with Crippen molar-refractivity contribution in [3.8, 4) is 22.6 Å². The topological polar surface area (TPSA) is 101 Å². The highest BCUT2D eigenvalue weighted by Gasteiger charge is 2.40. The van der Waals surface area contributed by atoms with Crippen molar-refractivity contribution in [3.05, 3.63) is 115 Å². The molecule has 1 aromatic heterocycles. The van der Waals surface area contributed by atoms with E-state index in [0.717, 1.165) is 12.3 Å². The van der Waals surface area contributed by atoms with Gasteiger partial charge < -0.3 is 15.2 Å². The third kappa shape index (κ3) is 7.88. The Hall–Kier alpha value is -4.96. The Labute approximate surface area is 300 Å². The lowest BCUT2D eigenvalue weighted by molar-refractivity contribution is -0.140. The number of carboxylic acid groups (broad SMARTS) is 1. The highest BCUT2D eigenvalue weighted by atomic mass is 35.5. The average molecular weight is 770 g/mol. The Morgan fingerprint density at radius 3 is 2.34 bits per heavy atom. The lowest BCUT2D eigenvalue weighted by atomic mass is 9.91. The molecule has 4 aromatic rings. The van der Waals surface area contributed by atoms with Crippen molar-refractivity contribution in [2.75, 3.05) is 19.6 Å². The lowest BCUT2D eigenvalue weighted by Crippen LogP contribution is -2.49. The number of rotatable bonds is 6. The summed E-state index contributed by atoms with van der Waals surface area (Å²) in [5.74, 6) is -4.96. The van der Waals surface area contributed by atoms with Gasteiger partial charge in [-0.25, -0.2) is 8.78 Å². The van der Waals surface area contributed by atoms with Crippen LogP contribution in [0.3, 0.4) is 0 Å². The zero-order valence-electron chi connectivity index (χ0n) is 27.4. The van der Waals surface area contributed by atoms with Gasteiger partial charge in [-0.05, 0) is 65.9 Å². The van der Waals surface area contributed by atoms with Crippen molar-refractivity contribution in [2.45, 2.75) is 50.4 Å². The maximum Gasteiger partial charge on any atom is 0.419 e. The zero-order chi connectivity index (χ0) is 38.6. The Bertz CT molecular complexity index is 2160. The molecule has 0 unspecified atom stereocenters. The van der Waals surface area contributed by atoms with Crippen LogP contribution in [0.1, 0.15) is 51.9 Å². The van der Waals surface area contributed by atoms with Crippen LogP contribution in [0.5, 0.6) is 11.5 Å². The summed E-state index contributed by atoms with van der Waals surface area (Å²) in [7, 11) is 0. The SMILES string of the molecule is Cc1cc(Cl)cc2c1-c1cc(c(F)c(C(F)(F)F)c1)[C@H](CC(=O)O)NC(=O)[C@@H](n1cc(CCN3CC(F)C3)c(C(F)(F)F)cc1=O)c1cccc(c1)O2. The van der Waals surface area contributed by atoms with Crippen LogP contribution in [0.15, 0.2) is 65.6 Å². The number of aliphatic carboxylic acids is 1. The van der Waals surface area contributed by atoms with Gasteiger partial charge in [-0.3, -0.25) is 23.9 Å². The van der Waals surface area contributed by atoms with E-state index in [0.29, 0.717) is 10.6 Å². The Morgan fingerprint density at radius 2 is 1.70 bits per heavy atom. The number of nitrogens with one attached hydrogen (secondary N) is 1. The number of halogens is 9. The first-order chi connectivity index (χ1) is 24.8. The first-order valence-electron chi connectivity index (χ1n) is 16.0. The van der Waals surface area contributed by atoms with Crippen LogP contribution in [0.2, 0.25) is 5.02 Å². The number of amides is 1. The van der Waals surface area contributed by atoms with Gasteiger partial charge in [0.1, 0.15) is 29.5 Å². The second-order valence-corrected chi connectivity index (χ2v) is 13.3. The van der Waals surface area contributed by atoms with Crippen LogP contribution in [0, 0.1) is 12.7 Å². The minimum Gasteiger partial charge on any atom is -0.481 e. The van der Waals surface area contributed by atoms with Crippen LogP contribution >= 0.6 is 11.6 Å². The molecular formula is C36H28ClF8N3O5. The third-order valence-electron chi connectivity index (χ3n) is 9.04. The van der Waals surface area contributed by atoms with Gasteiger partial charge in [0, 0.05) is 54.1 Å². The highest BCUT2D eigenvalue weighted by Crippen LogP contribution is 2.44. The third-order valence-corrected chi connectivity index (χ3v) is 9.25. The molecule has 2 atom stereocenters. The van der Waals surface area contributed by atoms with E-state index in [2.05, 4.69) is 5.32 Å². The Kier molecular flexibility index (Phi) is 10.1. The van der Waals surface area contributed by atoms with Gasteiger partial charge in [0.15, 0.2) is 0 Å². The molecule has 53 heavy (non-hydrogen) atoms. The van der Waals surface area contributed by atoms with Crippen LogP contribution in [-0.2, 0) is 28.4 Å². The average Bonchev–Trinajstić information content (AvgIpc) is 3.02. The number of hydrogen-bond acceptors (Lipinski definition) is 5. The number of ether oxygens (including phenoxy) is 1. The molecule has 0 aliphatic carbocycles. The van der Waals surface area contributed by atoms with Gasteiger partial charge in [0.25, 0.3) is 5.56 Å². The van der Waals surface area contributed by atoms with Gasteiger partial charge in [0.2, 0.25) is 5.91 Å². The number of fused-ring (bicyclic) bond motifs is 6. The quantitative estimate of drug-likeness (QED) is 0.194. The molecule has 3 aromatic carbocycles. The minimum absolute atomic E-state index is 0.00847. The number of aryl methyl sites for hydroxylation is 1. The van der Waals surface area contributed by atoms with E-state index in [1.165, 1.54) is 43.3 Å². The van der Waals surface area contributed by atoms with Gasteiger partial charge in [-0.2, -0.15) is 26.3 Å². The van der Waals surface area contributed by atoms with Crippen LogP contribution in [0.4, 0.5) is 35.1 Å². The summed E-state index contributed by atoms with van der Waals surface area (Å²) in [6.07, 6.45) is -12.1. The molecule has 4 bridgehead atoms. The number of nitrogens with zero attached hydrogens (tertiary/aromatic N) is 2. The molecule has 2 N–H and O–H groups in total. The first kappa shape index (κ1) is 37.8. The number of carbonyl (C=O) groups excluding carboxylic acids is 1. The van der Waals surface area contributed by atoms with E-state index in [4.69, 9.17) is 16.3 Å². The fourth-order valence-electron chi connectivity index (χ4n) is 6.62. The monoisotopic (exact) mass is 769 g/mol. The molecule has 8 nitrogen and oxygen atoms in total. The molecule has 0 spiro atoms. The fraction of sp³-hybridized carbons (Fsp3) is 0.306. The van der Waals surface area contributed by atoms with Gasteiger partial charge >= 0.3 is 18.3 Å². The molecule has 1 fully saturated rings. The van der Waals surface area contributed by atoms with Crippen LogP contribution < -0.4 is 15.6 Å². The van der Waals surface area contributed by atoms with E-state index in [9.17, 15) is 50.2 Å². The second kappa shape index (κ2) is 14.1. The van der Waals surface area contributed by atoms with Gasteiger partial charge in [0.05, 0.1) is 23.6 Å². The van der Waals surface area contributed by atoms with E-state index in [1.807, 2.05) is 0 Å². The molecule has 2 aliphatic rings. The van der Waals surface area contributed by atoms with E-state index < -0.39 is 82.5 Å². The number of pyridine rings is 1. The normalized spacial score (nSPS) is 18.1. The molecule has 0 radical (unpaired) electrons. The number of benzene rings is 3. The number of aromatic nitrogens is 1. The fourth-order valence-corrected chi connectivity index (χ4v) is 6.88. The van der Waals surface area contributed by atoms with E-state index in [1.54, 1.807) is 4.90 Å². The predicted octanol–water partition coefficient (Wildman–Crippen LogP) is 7.88. The summed E-state index contributed by atoms with van der Waals surface area (Å²) in [5, 5.41) is 12.1. The molecule has 1 amide bonds. The molecule has 3 heterocycles. The zero-order valence-corrected chi connectivity index (χ0v) is 28.2. The number of hydrogen-bond donors (Lipinski definition) is 2. The number of carbonyl (C=O) groups is 2. The molecule has 17 heteroatoms. The van der Waals surface area contributed by atoms with Crippen molar-refractivity contribution in [1.29, 1.82) is 0 Å². The molecule has 2 aliphatic heterocycles. The highest BCUT2D eigenvalue weighted by molar-refractivity contribution is 6.31. The number of alkyl halides is 7. The van der Waals surface area contributed by atoms with Crippen molar-refractivity contribution >= 4 is 23.5 Å². The summed E-state index contributed by atoms with van der Waals surface area (Å²) >= 11 is 6.30. The lowest BCUT2D eigenvalue weighted by Gasteiger charge is -2.34. The largest absolute Gasteiger partial charge is 0.481 e. The van der Waals surface area contributed by atoms with Crippen molar-refractivity contribution in [1.82, 2.24) is 14.8 Å². The number of likely N-dealkylation sites (tertiary alicyclic amines) is 1. The second-order valence-electron chi connectivity index (χ2n) is 12.8. The first-order valence-corrected chi connectivity index (χ1v) is 16.4. The molecule has 0 saturated carbocycles. The van der Waals surface area contributed by atoms with Gasteiger partial charge in [-0.15, -0.1) is 0 Å². The van der Waals surface area contributed by atoms with Gasteiger partial charge in [-0.1, -0.05) is 23.7 Å². The summed E-state index contributed by atoms with van der Waals surface area (Å²) < 4.78 is 122. The van der Waals surface area contributed by atoms with E-state index >= 15 is 4.39 Å². The minimum atomic E-state index is -5.30. The van der Waals surface area contributed by atoms with Crippen molar-refractivity contribution in [2.24, 2.45) is 0 Å². The molecular weight excluding hydrogens is 742 g/mol. The number of carboxylic acids is 1. The Balaban J connectivity index is 1.60.